The molecule has 2 rings (SSSR count). The number of methoxy groups -OCH3 is 1. The van der Waals surface area contributed by atoms with Gasteiger partial charge in [-0.3, -0.25) is 14.6 Å². The topological polar surface area (TPSA) is 70.4 Å². The predicted octanol–water partition coefficient (Wildman–Crippen LogP) is 1.80. The summed E-state index contributed by atoms with van der Waals surface area (Å²) in [6, 6.07) is 6.56. The molecule has 7 heteroatoms. The standard InChI is InChI=1S/C15H15BrN2O4/c1-21-13-4-3-12(17-9-13)8-15(20)22-7-6-18-10-11(16)2-5-14(18)19/h2-5,9-10H,6-8H2,1H3. The number of carbonyl (C=O) groups is 1. The number of aromatic nitrogens is 2. The van der Waals surface area contributed by atoms with Gasteiger partial charge < -0.3 is 14.0 Å². The molecule has 22 heavy (non-hydrogen) atoms. The lowest BCUT2D eigenvalue weighted by molar-refractivity contribution is -0.143. The van der Waals surface area contributed by atoms with Crippen molar-refractivity contribution in [2.24, 2.45) is 0 Å². The van der Waals surface area contributed by atoms with E-state index in [1.165, 1.54) is 10.6 Å². The summed E-state index contributed by atoms with van der Waals surface area (Å²) < 4.78 is 12.4. The van der Waals surface area contributed by atoms with Gasteiger partial charge in [0.2, 0.25) is 0 Å². The van der Waals surface area contributed by atoms with E-state index in [1.54, 1.807) is 37.7 Å². The van der Waals surface area contributed by atoms with E-state index in [9.17, 15) is 9.59 Å². The van der Waals surface area contributed by atoms with Crippen LogP contribution in [0.25, 0.3) is 0 Å². The highest BCUT2D eigenvalue weighted by atomic mass is 79.9. The van der Waals surface area contributed by atoms with Gasteiger partial charge in [-0.1, -0.05) is 0 Å². The second kappa shape index (κ2) is 7.74. The smallest absolute Gasteiger partial charge is 0.311 e. The van der Waals surface area contributed by atoms with Crippen LogP contribution in [-0.4, -0.2) is 29.2 Å². The molecular formula is C15H15BrN2O4. The van der Waals surface area contributed by atoms with E-state index < -0.39 is 0 Å². The van der Waals surface area contributed by atoms with Crippen molar-refractivity contribution < 1.29 is 14.3 Å². The highest BCUT2D eigenvalue weighted by Crippen LogP contribution is 2.08. The van der Waals surface area contributed by atoms with Gasteiger partial charge in [0, 0.05) is 16.7 Å². The fraction of sp³-hybridized carbons (Fsp3) is 0.267. The molecule has 116 valence electrons. The van der Waals surface area contributed by atoms with E-state index in [1.807, 2.05) is 0 Å². The number of hydrogen-bond donors (Lipinski definition) is 0. The van der Waals surface area contributed by atoms with Gasteiger partial charge in [0.1, 0.15) is 12.4 Å². The van der Waals surface area contributed by atoms with Crippen molar-refractivity contribution in [2.75, 3.05) is 13.7 Å². The Labute approximate surface area is 135 Å². The molecule has 0 spiro atoms. The molecule has 0 radical (unpaired) electrons. The molecule has 0 saturated heterocycles. The molecule has 0 aliphatic heterocycles. The molecule has 0 aliphatic rings. The Morgan fingerprint density at radius 2 is 2.14 bits per heavy atom. The van der Waals surface area contributed by atoms with Crippen LogP contribution in [-0.2, 0) is 22.5 Å². The Morgan fingerprint density at radius 1 is 1.32 bits per heavy atom. The summed E-state index contributed by atoms with van der Waals surface area (Å²) in [5, 5.41) is 0. The Bertz CT molecular complexity index is 697. The SMILES string of the molecule is COc1ccc(CC(=O)OCCn2cc(Br)ccc2=O)nc1. The molecule has 0 unspecified atom stereocenters. The van der Waals surface area contributed by atoms with Crippen LogP contribution in [0.1, 0.15) is 5.69 Å². The minimum Gasteiger partial charge on any atom is -0.495 e. The molecule has 2 aromatic rings. The highest BCUT2D eigenvalue weighted by molar-refractivity contribution is 9.10. The third-order valence-electron chi connectivity index (χ3n) is 2.90. The lowest BCUT2D eigenvalue weighted by Crippen LogP contribution is -2.22. The maximum Gasteiger partial charge on any atom is 0.311 e. The Hall–Kier alpha value is -2.15. The van der Waals surface area contributed by atoms with Crippen LogP contribution in [0.15, 0.2) is 45.9 Å². The van der Waals surface area contributed by atoms with E-state index in [0.717, 1.165) is 4.47 Å². The highest BCUT2D eigenvalue weighted by Gasteiger charge is 2.07. The van der Waals surface area contributed by atoms with Crippen molar-refractivity contribution in [3.05, 3.63) is 57.2 Å². The van der Waals surface area contributed by atoms with E-state index in [0.29, 0.717) is 18.0 Å². The molecule has 0 N–H and O–H groups in total. The zero-order valence-corrected chi connectivity index (χ0v) is 13.6. The van der Waals surface area contributed by atoms with Crippen molar-refractivity contribution in [1.82, 2.24) is 9.55 Å². The third kappa shape index (κ3) is 4.70. The molecule has 2 heterocycles. The van der Waals surface area contributed by atoms with Crippen LogP contribution in [0.3, 0.4) is 0 Å². The van der Waals surface area contributed by atoms with Gasteiger partial charge in [-0.2, -0.15) is 0 Å². The van der Waals surface area contributed by atoms with Gasteiger partial charge in [0.05, 0.1) is 32.0 Å². The number of pyridine rings is 2. The van der Waals surface area contributed by atoms with Crippen LogP contribution in [0.5, 0.6) is 5.75 Å². The quantitative estimate of drug-likeness (QED) is 0.729. The van der Waals surface area contributed by atoms with Crippen molar-refractivity contribution in [3.8, 4) is 5.75 Å². The molecule has 0 aliphatic carbocycles. The average Bonchev–Trinajstić information content (AvgIpc) is 2.51. The lowest BCUT2D eigenvalue weighted by Gasteiger charge is -2.07. The summed E-state index contributed by atoms with van der Waals surface area (Å²) in [7, 11) is 1.55. The zero-order valence-electron chi connectivity index (χ0n) is 12.0. The number of nitrogens with zero attached hydrogens (tertiary/aromatic N) is 2. The first-order valence-electron chi connectivity index (χ1n) is 6.59. The fourth-order valence-electron chi connectivity index (χ4n) is 1.77. The second-order valence-electron chi connectivity index (χ2n) is 4.47. The van der Waals surface area contributed by atoms with Crippen molar-refractivity contribution in [2.45, 2.75) is 13.0 Å². The number of halogens is 1. The summed E-state index contributed by atoms with van der Waals surface area (Å²) in [5.74, 6) is 0.242. The number of ether oxygens (including phenoxy) is 2. The minimum atomic E-state index is -0.388. The monoisotopic (exact) mass is 366 g/mol. The maximum atomic E-state index is 11.7. The first-order valence-corrected chi connectivity index (χ1v) is 7.38. The van der Waals surface area contributed by atoms with Gasteiger partial charge in [0.15, 0.2) is 0 Å². The zero-order chi connectivity index (χ0) is 15.9. The molecule has 0 atom stereocenters. The maximum absolute atomic E-state index is 11.7. The van der Waals surface area contributed by atoms with E-state index in [2.05, 4.69) is 20.9 Å². The second-order valence-corrected chi connectivity index (χ2v) is 5.38. The van der Waals surface area contributed by atoms with Crippen LogP contribution < -0.4 is 10.3 Å². The van der Waals surface area contributed by atoms with Gasteiger partial charge in [-0.25, -0.2) is 0 Å². The molecule has 0 amide bonds. The Kier molecular flexibility index (Phi) is 5.71. The molecule has 0 aromatic carbocycles. The molecule has 0 bridgehead atoms. The molecular weight excluding hydrogens is 352 g/mol. The van der Waals surface area contributed by atoms with E-state index in [-0.39, 0.29) is 24.6 Å². The summed E-state index contributed by atoms with van der Waals surface area (Å²) >= 11 is 3.29. The number of rotatable bonds is 6. The summed E-state index contributed by atoms with van der Waals surface area (Å²) in [4.78, 5) is 27.4. The first kappa shape index (κ1) is 16.2. The third-order valence-corrected chi connectivity index (χ3v) is 3.37. The van der Waals surface area contributed by atoms with Gasteiger partial charge in [-0.15, -0.1) is 0 Å². The van der Waals surface area contributed by atoms with Crippen molar-refractivity contribution >= 4 is 21.9 Å². The molecule has 0 fully saturated rings. The van der Waals surface area contributed by atoms with Gasteiger partial charge >= 0.3 is 5.97 Å². The summed E-state index contributed by atoms with van der Waals surface area (Å²) in [6.07, 6.45) is 3.28. The Morgan fingerprint density at radius 3 is 2.82 bits per heavy atom. The number of carbonyl (C=O) groups excluding carboxylic acids is 1. The van der Waals surface area contributed by atoms with Crippen LogP contribution in [0.4, 0.5) is 0 Å². The predicted molar refractivity (Wildman–Crippen MR) is 83.9 cm³/mol. The molecule has 6 nitrogen and oxygen atoms in total. The minimum absolute atomic E-state index is 0.0807. The normalized spacial score (nSPS) is 10.3. The largest absolute Gasteiger partial charge is 0.495 e. The number of hydrogen-bond acceptors (Lipinski definition) is 5. The first-order chi connectivity index (χ1) is 10.6. The van der Waals surface area contributed by atoms with Crippen LogP contribution in [0.2, 0.25) is 0 Å². The number of esters is 1. The molecule has 0 saturated carbocycles. The van der Waals surface area contributed by atoms with Crippen LogP contribution in [0, 0.1) is 0 Å². The molecule has 2 aromatic heterocycles. The van der Waals surface area contributed by atoms with Gasteiger partial charge in [-0.05, 0) is 34.1 Å². The summed E-state index contributed by atoms with van der Waals surface area (Å²) in [5.41, 5.74) is 0.460. The average molecular weight is 367 g/mol. The lowest BCUT2D eigenvalue weighted by atomic mass is 10.3. The van der Waals surface area contributed by atoms with Crippen molar-refractivity contribution in [1.29, 1.82) is 0 Å². The summed E-state index contributed by atoms with van der Waals surface area (Å²) in [6.45, 7) is 0.436. The van der Waals surface area contributed by atoms with Crippen LogP contribution >= 0.6 is 15.9 Å². The van der Waals surface area contributed by atoms with E-state index in [4.69, 9.17) is 9.47 Å². The Balaban J connectivity index is 1.82. The fourth-order valence-corrected chi connectivity index (χ4v) is 2.15. The van der Waals surface area contributed by atoms with Crippen molar-refractivity contribution in [3.63, 3.8) is 0 Å². The van der Waals surface area contributed by atoms with Gasteiger partial charge in [0.25, 0.3) is 5.56 Å². The van der Waals surface area contributed by atoms with E-state index >= 15 is 0 Å².